The fourth-order valence-corrected chi connectivity index (χ4v) is 1.95. The molecule has 1 aromatic rings. The fourth-order valence-electron chi connectivity index (χ4n) is 1.71. The molecule has 0 radical (unpaired) electrons. The molecule has 0 aliphatic rings. The van der Waals surface area contributed by atoms with Gasteiger partial charge in [0.05, 0.1) is 6.61 Å². The average molecular weight is 299 g/mol. The Bertz CT molecular complexity index is 406. The minimum atomic E-state index is -0.730. The molecule has 1 aromatic carbocycles. The molecule has 3 nitrogen and oxygen atoms in total. The zero-order valence-electron chi connectivity index (χ0n) is 12.2. The molecule has 0 saturated heterocycles. The van der Waals surface area contributed by atoms with Gasteiger partial charge >= 0.3 is 5.97 Å². The summed E-state index contributed by atoms with van der Waals surface area (Å²) in [6.45, 7) is 5.08. The van der Waals surface area contributed by atoms with Gasteiger partial charge in [0.25, 0.3) is 0 Å². The van der Waals surface area contributed by atoms with Crippen molar-refractivity contribution in [3.05, 3.63) is 34.9 Å². The Hall–Kier alpha value is -1.06. The van der Waals surface area contributed by atoms with Gasteiger partial charge in [-0.2, -0.15) is 0 Å². The van der Waals surface area contributed by atoms with Crippen molar-refractivity contribution in [3.63, 3.8) is 0 Å². The van der Waals surface area contributed by atoms with Gasteiger partial charge in [-0.3, -0.25) is 0 Å². The van der Waals surface area contributed by atoms with Crippen LogP contribution >= 0.6 is 11.6 Å². The van der Waals surface area contributed by atoms with E-state index in [1.54, 1.807) is 12.1 Å². The molecule has 1 atom stereocenters. The maximum atomic E-state index is 12.2. The van der Waals surface area contributed by atoms with Crippen LogP contribution in [0.1, 0.15) is 51.2 Å². The average Bonchev–Trinajstić information content (AvgIpc) is 2.45. The number of carbonyl (C=O) groups excluding carboxylic acids is 1. The summed E-state index contributed by atoms with van der Waals surface area (Å²) < 4.78 is 10.9. The van der Waals surface area contributed by atoms with Crippen LogP contribution < -0.4 is 0 Å². The molecule has 112 valence electrons. The smallest absolute Gasteiger partial charge is 0.339 e. The van der Waals surface area contributed by atoms with Crippen LogP contribution in [0.3, 0.4) is 0 Å². The molecule has 0 aromatic heterocycles. The molecular formula is C16H23ClO3. The van der Waals surface area contributed by atoms with Crippen LogP contribution in [0.5, 0.6) is 0 Å². The van der Waals surface area contributed by atoms with Crippen LogP contribution in [0.4, 0.5) is 0 Å². The van der Waals surface area contributed by atoms with E-state index in [0.717, 1.165) is 25.7 Å². The Labute approximate surface area is 126 Å². The number of carbonyl (C=O) groups is 1. The molecule has 0 fully saturated rings. The molecular weight excluding hydrogens is 276 g/mol. The van der Waals surface area contributed by atoms with E-state index in [1.165, 1.54) is 0 Å². The minimum absolute atomic E-state index is 0.359. The number of esters is 1. The van der Waals surface area contributed by atoms with Gasteiger partial charge in [0.15, 0.2) is 6.10 Å². The van der Waals surface area contributed by atoms with Gasteiger partial charge in [0.1, 0.15) is 0 Å². The minimum Gasteiger partial charge on any atom is -0.464 e. The lowest BCUT2D eigenvalue weighted by molar-refractivity contribution is -0.158. The van der Waals surface area contributed by atoms with E-state index in [2.05, 4.69) is 13.8 Å². The predicted molar refractivity (Wildman–Crippen MR) is 80.9 cm³/mol. The van der Waals surface area contributed by atoms with E-state index in [4.69, 9.17) is 21.1 Å². The van der Waals surface area contributed by atoms with Crippen LogP contribution in [0.25, 0.3) is 0 Å². The van der Waals surface area contributed by atoms with Crippen molar-refractivity contribution in [2.45, 2.75) is 45.6 Å². The molecule has 0 aliphatic carbocycles. The third-order valence-corrected chi connectivity index (χ3v) is 3.27. The van der Waals surface area contributed by atoms with Crippen molar-refractivity contribution >= 4 is 17.6 Å². The topological polar surface area (TPSA) is 35.5 Å². The van der Waals surface area contributed by atoms with Crippen LogP contribution in [0.2, 0.25) is 5.02 Å². The lowest BCUT2D eigenvalue weighted by atomic mass is 10.1. The third kappa shape index (κ3) is 5.51. The molecule has 0 spiro atoms. The first-order chi connectivity index (χ1) is 9.70. The summed E-state index contributed by atoms with van der Waals surface area (Å²) in [4.78, 5) is 12.2. The Morgan fingerprint density at radius 1 is 1.15 bits per heavy atom. The Morgan fingerprint density at radius 2 is 1.80 bits per heavy atom. The summed E-state index contributed by atoms with van der Waals surface area (Å²) in [6, 6.07) is 7.24. The molecule has 0 saturated carbocycles. The largest absolute Gasteiger partial charge is 0.464 e. The first-order valence-corrected chi connectivity index (χ1v) is 7.61. The maximum Gasteiger partial charge on any atom is 0.339 e. The van der Waals surface area contributed by atoms with E-state index >= 15 is 0 Å². The normalized spacial score (nSPS) is 12.2. The van der Waals surface area contributed by atoms with E-state index in [-0.39, 0.29) is 5.97 Å². The second-order valence-electron chi connectivity index (χ2n) is 4.65. The number of hydrogen-bond acceptors (Lipinski definition) is 3. The highest BCUT2D eigenvalue weighted by molar-refractivity contribution is 6.31. The second kappa shape index (κ2) is 9.78. The van der Waals surface area contributed by atoms with Gasteiger partial charge in [0.2, 0.25) is 0 Å². The molecule has 0 unspecified atom stereocenters. The summed E-state index contributed by atoms with van der Waals surface area (Å²) in [7, 11) is 0. The van der Waals surface area contributed by atoms with Crippen molar-refractivity contribution in [2.75, 3.05) is 13.2 Å². The summed E-state index contributed by atoms with van der Waals surface area (Å²) in [6.07, 6.45) is 3.03. The summed E-state index contributed by atoms with van der Waals surface area (Å²) >= 11 is 6.15. The van der Waals surface area contributed by atoms with Gasteiger partial charge < -0.3 is 9.47 Å². The van der Waals surface area contributed by atoms with Crippen molar-refractivity contribution in [3.8, 4) is 0 Å². The lowest BCUT2D eigenvalue weighted by Crippen LogP contribution is -2.20. The molecule has 0 amide bonds. The van der Waals surface area contributed by atoms with Crippen LogP contribution in [-0.4, -0.2) is 19.2 Å². The van der Waals surface area contributed by atoms with Crippen molar-refractivity contribution in [2.24, 2.45) is 0 Å². The molecule has 0 aliphatic heterocycles. The Morgan fingerprint density at radius 3 is 2.45 bits per heavy atom. The number of hydrogen-bond donors (Lipinski definition) is 0. The summed E-state index contributed by atoms with van der Waals surface area (Å²) in [5.74, 6) is -0.359. The van der Waals surface area contributed by atoms with Crippen LogP contribution in [-0.2, 0) is 14.3 Å². The Balaban J connectivity index is 2.74. The standard InChI is InChI=1S/C16H23ClO3/c1-3-5-11-19-15(16(18)20-12-6-4-2)13-9-7-8-10-14(13)17/h7-10,15H,3-6,11-12H2,1-2H3/t15-/m1/s1. The van der Waals surface area contributed by atoms with E-state index in [1.807, 2.05) is 12.1 Å². The van der Waals surface area contributed by atoms with Crippen molar-refractivity contribution < 1.29 is 14.3 Å². The van der Waals surface area contributed by atoms with Crippen molar-refractivity contribution in [1.29, 1.82) is 0 Å². The number of rotatable bonds is 9. The number of halogens is 1. The SMILES string of the molecule is CCCCOC(=O)[C@H](OCCCC)c1ccccc1Cl. The highest BCUT2D eigenvalue weighted by Gasteiger charge is 2.24. The maximum absolute atomic E-state index is 12.2. The second-order valence-corrected chi connectivity index (χ2v) is 5.05. The van der Waals surface area contributed by atoms with Crippen LogP contribution in [0, 0.1) is 0 Å². The highest BCUT2D eigenvalue weighted by atomic mass is 35.5. The monoisotopic (exact) mass is 298 g/mol. The van der Waals surface area contributed by atoms with E-state index in [0.29, 0.717) is 23.8 Å². The quantitative estimate of drug-likeness (QED) is 0.496. The van der Waals surface area contributed by atoms with Gasteiger partial charge in [-0.05, 0) is 18.9 Å². The van der Waals surface area contributed by atoms with E-state index < -0.39 is 6.10 Å². The predicted octanol–water partition coefficient (Wildman–Crippen LogP) is 4.54. The molecule has 4 heteroatoms. The first kappa shape index (κ1) is 17.0. The fraction of sp³-hybridized carbons (Fsp3) is 0.562. The number of unbranched alkanes of at least 4 members (excludes halogenated alkanes) is 2. The van der Waals surface area contributed by atoms with Gasteiger partial charge in [-0.15, -0.1) is 0 Å². The van der Waals surface area contributed by atoms with Crippen LogP contribution in [0.15, 0.2) is 24.3 Å². The first-order valence-electron chi connectivity index (χ1n) is 7.23. The zero-order valence-corrected chi connectivity index (χ0v) is 13.0. The highest BCUT2D eigenvalue weighted by Crippen LogP contribution is 2.27. The summed E-state index contributed by atoms with van der Waals surface area (Å²) in [5, 5.41) is 0.529. The zero-order chi connectivity index (χ0) is 14.8. The van der Waals surface area contributed by atoms with Crippen molar-refractivity contribution in [1.82, 2.24) is 0 Å². The number of ether oxygens (including phenoxy) is 2. The van der Waals surface area contributed by atoms with E-state index in [9.17, 15) is 4.79 Å². The molecule has 0 N–H and O–H groups in total. The molecule has 0 bridgehead atoms. The molecule has 20 heavy (non-hydrogen) atoms. The van der Waals surface area contributed by atoms with Gasteiger partial charge in [-0.25, -0.2) is 4.79 Å². The Kier molecular flexibility index (Phi) is 8.31. The lowest BCUT2D eigenvalue weighted by Gasteiger charge is -2.18. The van der Waals surface area contributed by atoms with Gasteiger partial charge in [-0.1, -0.05) is 56.5 Å². The summed E-state index contributed by atoms with van der Waals surface area (Å²) in [5.41, 5.74) is 0.673. The molecule has 1 rings (SSSR count). The number of benzene rings is 1. The molecule has 0 heterocycles. The van der Waals surface area contributed by atoms with Gasteiger partial charge in [0, 0.05) is 17.2 Å². The third-order valence-electron chi connectivity index (χ3n) is 2.93.